The summed E-state index contributed by atoms with van der Waals surface area (Å²) in [5.74, 6) is 1.42. The van der Waals surface area contributed by atoms with Crippen LogP contribution in [-0.2, 0) is 4.79 Å². The van der Waals surface area contributed by atoms with Gasteiger partial charge >= 0.3 is 0 Å². The van der Waals surface area contributed by atoms with Gasteiger partial charge in [-0.2, -0.15) is 0 Å². The highest BCUT2D eigenvalue weighted by atomic mass is 16.5. The molecule has 1 aliphatic heterocycles. The zero-order valence-corrected chi connectivity index (χ0v) is 15.8. The Kier molecular flexibility index (Phi) is 5.35. The first-order chi connectivity index (χ1) is 13.7. The van der Waals surface area contributed by atoms with Crippen LogP contribution < -0.4 is 15.4 Å². The maximum Gasteiger partial charge on any atom is 0.229 e. The number of anilines is 1. The van der Waals surface area contributed by atoms with Gasteiger partial charge in [-0.3, -0.25) is 9.78 Å². The van der Waals surface area contributed by atoms with Gasteiger partial charge in [0.2, 0.25) is 5.91 Å². The van der Waals surface area contributed by atoms with Gasteiger partial charge in [0, 0.05) is 36.5 Å². The fraction of sp³-hybridized carbons (Fsp3) is 0.217. The van der Waals surface area contributed by atoms with E-state index >= 15 is 0 Å². The molecule has 2 aromatic carbocycles. The van der Waals surface area contributed by atoms with Crippen LogP contribution in [0.4, 0.5) is 5.69 Å². The van der Waals surface area contributed by atoms with Gasteiger partial charge in [0.25, 0.3) is 0 Å². The van der Waals surface area contributed by atoms with E-state index in [2.05, 4.69) is 27.8 Å². The number of hydrogen-bond acceptors (Lipinski definition) is 4. The number of carbonyl (C=O) groups is 1. The second-order valence-corrected chi connectivity index (χ2v) is 7.04. The maximum absolute atomic E-state index is 12.9. The normalized spacial score (nSPS) is 18.6. The first-order valence-electron chi connectivity index (χ1n) is 9.46. The summed E-state index contributed by atoms with van der Waals surface area (Å²) in [7, 11) is 0. The Morgan fingerprint density at radius 1 is 1.04 bits per heavy atom. The lowest BCUT2D eigenvalue weighted by molar-refractivity contribution is -0.119. The van der Waals surface area contributed by atoms with Gasteiger partial charge in [0.1, 0.15) is 11.5 Å². The van der Waals surface area contributed by atoms with E-state index in [4.69, 9.17) is 4.74 Å². The minimum Gasteiger partial charge on any atom is -0.456 e. The van der Waals surface area contributed by atoms with Crippen molar-refractivity contribution >= 4 is 11.6 Å². The van der Waals surface area contributed by atoms with E-state index in [1.165, 1.54) is 5.56 Å². The van der Waals surface area contributed by atoms with E-state index in [0.717, 1.165) is 17.9 Å². The van der Waals surface area contributed by atoms with Gasteiger partial charge in [0.05, 0.1) is 12.1 Å². The molecule has 1 amide bonds. The summed E-state index contributed by atoms with van der Waals surface area (Å²) in [6.07, 6.45) is 1.69. The summed E-state index contributed by atoms with van der Waals surface area (Å²) in [6, 6.07) is 21.4. The zero-order chi connectivity index (χ0) is 19.3. The van der Waals surface area contributed by atoms with Crippen molar-refractivity contribution in [2.75, 3.05) is 18.4 Å². The van der Waals surface area contributed by atoms with Crippen molar-refractivity contribution in [3.8, 4) is 11.5 Å². The summed E-state index contributed by atoms with van der Waals surface area (Å²) in [6.45, 7) is 3.42. The monoisotopic (exact) mass is 373 g/mol. The molecule has 1 aliphatic rings. The predicted molar refractivity (Wildman–Crippen MR) is 110 cm³/mol. The van der Waals surface area contributed by atoms with E-state index in [0.29, 0.717) is 18.0 Å². The van der Waals surface area contributed by atoms with Crippen LogP contribution in [0.1, 0.15) is 17.2 Å². The number of ether oxygens (including phenoxy) is 1. The van der Waals surface area contributed by atoms with Crippen molar-refractivity contribution < 1.29 is 9.53 Å². The molecular formula is C23H23N3O2. The van der Waals surface area contributed by atoms with Crippen molar-refractivity contribution in [2.24, 2.45) is 5.92 Å². The molecule has 0 bridgehead atoms. The summed E-state index contributed by atoms with van der Waals surface area (Å²) >= 11 is 0. The number of benzene rings is 2. The number of amides is 1. The van der Waals surface area contributed by atoms with E-state index in [1.807, 2.05) is 61.5 Å². The maximum atomic E-state index is 12.9. The van der Waals surface area contributed by atoms with Crippen LogP contribution in [0.25, 0.3) is 0 Å². The molecule has 5 heteroatoms. The molecular weight excluding hydrogens is 350 g/mol. The fourth-order valence-corrected chi connectivity index (χ4v) is 3.53. The van der Waals surface area contributed by atoms with Crippen LogP contribution in [0.5, 0.6) is 11.5 Å². The van der Waals surface area contributed by atoms with Crippen LogP contribution in [-0.4, -0.2) is 24.0 Å². The molecule has 2 N–H and O–H groups in total. The molecule has 0 aliphatic carbocycles. The van der Waals surface area contributed by atoms with E-state index in [-0.39, 0.29) is 17.7 Å². The molecule has 0 unspecified atom stereocenters. The quantitative estimate of drug-likeness (QED) is 0.706. The molecule has 28 heavy (non-hydrogen) atoms. The third-order valence-electron chi connectivity index (χ3n) is 5.00. The lowest BCUT2D eigenvalue weighted by Gasteiger charge is -2.19. The van der Waals surface area contributed by atoms with Gasteiger partial charge in [-0.05, 0) is 36.8 Å². The summed E-state index contributed by atoms with van der Waals surface area (Å²) in [4.78, 5) is 17.1. The Balaban J connectivity index is 1.45. The molecule has 3 aromatic rings. The number of hydrogen-bond donors (Lipinski definition) is 2. The Morgan fingerprint density at radius 2 is 1.89 bits per heavy atom. The number of nitrogens with zero attached hydrogens (tertiary/aromatic N) is 1. The minimum atomic E-state index is -0.103. The fourth-order valence-electron chi connectivity index (χ4n) is 3.53. The summed E-state index contributed by atoms with van der Waals surface area (Å²) in [5.41, 5.74) is 2.85. The van der Waals surface area contributed by atoms with Crippen molar-refractivity contribution in [3.63, 3.8) is 0 Å². The number of rotatable bonds is 5. The largest absolute Gasteiger partial charge is 0.456 e. The van der Waals surface area contributed by atoms with Crippen molar-refractivity contribution in [2.45, 2.75) is 12.8 Å². The van der Waals surface area contributed by atoms with Crippen molar-refractivity contribution in [3.05, 3.63) is 84.2 Å². The molecule has 4 rings (SSSR count). The van der Waals surface area contributed by atoms with Gasteiger partial charge in [-0.15, -0.1) is 0 Å². The van der Waals surface area contributed by atoms with Gasteiger partial charge < -0.3 is 15.4 Å². The lowest BCUT2D eigenvalue weighted by atomic mass is 9.88. The van der Waals surface area contributed by atoms with Gasteiger partial charge in [-0.1, -0.05) is 36.4 Å². The molecule has 1 aromatic heterocycles. The number of aromatic nitrogens is 1. The van der Waals surface area contributed by atoms with Crippen molar-refractivity contribution in [1.82, 2.24) is 10.3 Å². The van der Waals surface area contributed by atoms with Crippen LogP contribution in [0, 0.1) is 12.8 Å². The highest BCUT2D eigenvalue weighted by Crippen LogP contribution is 2.30. The molecule has 0 radical (unpaired) electrons. The predicted octanol–water partition coefficient (Wildman–Crippen LogP) is 4.12. The van der Waals surface area contributed by atoms with Crippen LogP contribution in [0.3, 0.4) is 0 Å². The highest BCUT2D eigenvalue weighted by molar-refractivity contribution is 5.93. The average molecular weight is 373 g/mol. The van der Waals surface area contributed by atoms with Crippen molar-refractivity contribution in [1.29, 1.82) is 0 Å². The third-order valence-corrected chi connectivity index (χ3v) is 5.00. The molecule has 0 spiro atoms. The van der Waals surface area contributed by atoms with Crippen LogP contribution in [0.15, 0.2) is 72.9 Å². The molecule has 1 fully saturated rings. The second-order valence-electron chi connectivity index (χ2n) is 7.04. The topological polar surface area (TPSA) is 63.2 Å². The Hall–Kier alpha value is -3.18. The standard InChI is InChI=1S/C23H23N3O2/c1-16-10-11-20(13-25-16)28-19-9-5-8-18(12-19)26-23(27)22-15-24-14-21(22)17-6-3-2-4-7-17/h2-13,21-22,24H,14-15H2,1H3,(H,26,27)/t21-,22+/m0/s1. The van der Waals surface area contributed by atoms with Crippen LogP contribution in [0.2, 0.25) is 0 Å². The Morgan fingerprint density at radius 3 is 2.68 bits per heavy atom. The summed E-state index contributed by atoms with van der Waals surface area (Å²) in [5, 5.41) is 6.39. The van der Waals surface area contributed by atoms with E-state index in [9.17, 15) is 4.79 Å². The van der Waals surface area contributed by atoms with Gasteiger partial charge in [-0.25, -0.2) is 0 Å². The molecule has 1 saturated heterocycles. The lowest BCUT2D eigenvalue weighted by Crippen LogP contribution is -2.28. The molecule has 5 nitrogen and oxygen atoms in total. The SMILES string of the molecule is Cc1ccc(Oc2cccc(NC(=O)[C@@H]3CNC[C@H]3c3ccccc3)c2)cn1. The number of nitrogens with one attached hydrogen (secondary N) is 2. The van der Waals surface area contributed by atoms with Gasteiger partial charge in [0.15, 0.2) is 0 Å². The first kappa shape index (κ1) is 18.2. The second kappa shape index (κ2) is 8.23. The number of carbonyl (C=O) groups excluding carboxylic acids is 1. The first-order valence-corrected chi connectivity index (χ1v) is 9.46. The highest BCUT2D eigenvalue weighted by Gasteiger charge is 2.33. The summed E-state index contributed by atoms with van der Waals surface area (Å²) < 4.78 is 5.85. The number of pyridine rings is 1. The van der Waals surface area contributed by atoms with Crippen LogP contribution >= 0.6 is 0 Å². The minimum absolute atomic E-state index is 0.0213. The molecule has 2 atom stereocenters. The van der Waals surface area contributed by atoms with E-state index in [1.54, 1.807) is 6.20 Å². The zero-order valence-electron chi connectivity index (χ0n) is 15.8. The van der Waals surface area contributed by atoms with E-state index < -0.39 is 0 Å². The third kappa shape index (κ3) is 4.21. The Bertz CT molecular complexity index is 942. The molecule has 2 heterocycles. The average Bonchev–Trinajstić information content (AvgIpc) is 3.21. The Labute approximate surface area is 164 Å². The smallest absolute Gasteiger partial charge is 0.229 e. The molecule has 142 valence electrons. The number of aryl methyl sites for hydroxylation is 1. The molecule has 0 saturated carbocycles.